The zero-order chi connectivity index (χ0) is 18.7. The summed E-state index contributed by atoms with van der Waals surface area (Å²) in [6, 6.07) is 13.3. The molecule has 0 saturated carbocycles. The van der Waals surface area contributed by atoms with E-state index in [1.54, 1.807) is 6.20 Å². The van der Waals surface area contributed by atoms with Crippen LogP contribution >= 0.6 is 0 Å². The number of imidazole rings is 1. The molecule has 7 rings (SSSR count). The fourth-order valence-electron chi connectivity index (χ4n) is 5.73. The summed E-state index contributed by atoms with van der Waals surface area (Å²) in [4.78, 5) is 27.0. The number of hydrogen-bond acceptors (Lipinski definition) is 4. The molecule has 3 aromatic rings. The third-order valence-electron chi connectivity index (χ3n) is 6.94. The summed E-state index contributed by atoms with van der Waals surface area (Å²) in [6.07, 6.45) is 7.80. The monoisotopic (exact) mass is 373 g/mol. The van der Waals surface area contributed by atoms with Gasteiger partial charge in [0.15, 0.2) is 0 Å². The predicted octanol–water partition coefficient (Wildman–Crippen LogP) is 2.43. The lowest BCUT2D eigenvalue weighted by molar-refractivity contribution is -0.00356. The maximum Gasteiger partial charge on any atom is 0.274 e. The molecule has 2 bridgehead atoms. The Morgan fingerprint density at radius 2 is 1.86 bits per heavy atom. The number of nitrogens with zero attached hydrogens (tertiary/aromatic N) is 5. The van der Waals surface area contributed by atoms with E-state index in [-0.39, 0.29) is 11.9 Å². The highest BCUT2D eigenvalue weighted by molar-refractivity contribution is 5.93. The molecule has 0 radical (unpaired) electrons. The maximum atomic E-state index is 13.5. The smallest absolute Gasteiger partial charge is 0.274 e. The molecule has 1 aromatic carbocycles. The Morgan fingerprint density at radius 1 is 1.04 bits per heavy atom. The van der Waals surface area contributed by atoms with E-state index < -0.39 is 0 Å². The van der Waals surface area contributed by atoms with Gasteiger partial charge in [-0.15, -0.1) is 0 Å². The zero-order valence-corrected chi connectivity index (χ0v) is 15.7. The molecule has 2 aromatic heterocycles. The highest BCUT2D eigenvalue weighted by Gasteiger charge is 2.54. The van der Waals surface area contributed by atoms with E-state index in [9.17, 15) is 4.79 Å². The van der Waals surface area contributed by atoms with Crippen LogP contribution in [0.2, 0.25) is 0 Å². The summed E-state index contributed by atoms with van der Waals surface area (Å²) in [5.41, 5.74) is 1.85. The van der Waals surface area contributed by atoms with Crippen LogP contribution in [0.5, 0.6) is 0 Å². The van der Waals surface area contributed by atoms with Crippen molar-refractivity contribution < 1.29 is 4.79 Å². The van der Waals surface area contributed by atoms with Gasteiger partial charge in [-0.1, -0.05) is 30.3 Å². The largest absolute Gasteiger partial charge is 0.332 e. The minimum absolute atomic E-state index is 0.0488. The van der Waals surface area contributed by atoms with Crippen LogP contribution in [-0.4, -0.2) is 61.8 Å². The first-order valence-electron chi connectivity index (χ1n) is 10.2. The SMILES string of the molecule is O=C(c1cn2cccnc2n1)N1C[C@H](c2ccccc2)[C@H]2[C@@H]1C1CCN2CC1. The predicted molar refractivity (Wildman–Crippen MR) is 105 cm³/mol. The number of rotatable bonds is 2. The van der Waals surface area contributed by atoms with E-state index in [0.29, 0.717) is 29.3 Å². The van der Waals surface area contributed by atoms with Crippen LogP contribution in [-0.2, 0) is 0 Å². The molecule has 0 aliphatic carbocycles. The fourth-order valence-corrected chi connectivity index (χ4v) is 5.73. The molecule has 0 unspecified atom stereocenters. The van der Waals surface area contributed by atoms with Crippen molar-refractivity contribution >= 4 is 11.7 Å². The summed E-state index contributed by atoms with van der Waals surface area (Å²) in [5.74, 6) is 1.60. The second-order valence-electron chi connectivity index (χ2n) is 8.28. The molecule has 0 spiro atoms. The van der Waals surface area contributed by atoms with Crippen LogP contribution in [0.25, 0.3) is 5.78 Å². The van der Waals surface area contributed by atoms with Crippen molar-refractivity contribution in [2.24, 2.45) is 5.92 Å². The molecule has 4 saturated heterocycles. The van der Waals surface area contributed by atoms with Gasteiger partial charge in [-0.25, -0.2) is 9.97 Å². The summed E-state index contributed by atoms with van der Waals surface area (Å²) in [6.45, 7) is 3.09. The zero-order valence-electron chi connectivity index (χ0n) is 15.7. The molecule has 3 atom stereocenters. The number of carbonyl (C=O) groups is 1. The van der Waals surface area contributed by atoms with Crippen LogP contribution in [0.1, 0.15) is 34.8 Å². The number of aromatic nitrogens is 3. The van der Waals surface area contributed by atoms with Gasteiger partial charge in [0.25, 0.3) is 5.91 Å². The van der Waals surface area contributed by atoms with Crippen molar-refractivity contribution in [2.45, 2.75) is 30.8 Å². The van der Waals surface area contributed by atoms with Gasteiger partial charge >= 0.3 is 0 Å². The first-order chi connectivity index (χ1) is 13.8. The Morgan fingerprint density at radius 3 is 2.64 bits per heavy atom. The average molecular weight is 373 g/mol. The lowest BCUT2D eigenvalue weighted by Crippen LogP contribution is -2.60. The number of likely N-dealkylation sites (tertiary alicyclic amines) is 1. The van der Waals surface area contributed by atoms with E-state index in [1.165, 1.54) is 18.4 Å². The second-order valence-corrected chi connectivity index (χ2v) is 8.28. The topological polar surface area (TPSA) is 53.7 Å². The molecule has 1 amide bonds. The molecular formula is C22H23N5O. The third kappa shape index (κ3) is 2.34. The minimum atomic E-state index is 0.0488. The maximum absolute atomic E-state index is 13.5. The second kappa shape index (κ2) is 6.14. The molecule has 6 heterocycles. The van der Waals surface area contributed by atoms with Crippen molar-refractivity contribution in [1.82, 2.24) is 24.2 Å². The highest BCUT2D eigenvalue weighted by atomic mass is 16.2. The van der Waals surface area contributed by atoms with E-state index in [0.717, 1.165) is 19.6 Å². The van der Waals surface area contributed by atoms with Gasteiger partial charge in [-0.05, 0) is 43.5 Å². The van der Waals surface area contributed by atoms with Crippen molar-refractivity contribution in [2.75, 3.05) is 19.6 Å². The van der Waals surface area contributed by atoms with Crippen LogP contribution in [0.4, 0.5) is 0 Å². The molecule has 28 heavy (non-hydrogen) atoms. The first kappa shape index (κ1) is 16.2. The van der Waals surface area contributed by atoms with Crippen molar-refractivity contribution in [3.8, 4) is 0 Å². The summed E-state index contributed by atoms with van der Waals surface area (Å²) >= 11 is 0. The number of piperidine rings is 3. The number of fused-ring (bicyclic) bond motifs is 3. The lowest BCUT2D eigenvalue weighted by Gasteiger charge is -2.51. The first-order valence-corrected chi connectivity index (χ1v) is 10.2. The average Bonchev–Trinajstić information content (AvgIpc) is 3.38. The third-order valence-corrected chi connectivity index (χ3v) is 6.94. The molecule has 6 nitrogen and oxygen atoms in total. The Labute approximate surface area is 163 Å². The van der Waals surface area contributed by atoms with Gasteiger partial charge in [0.05, 0.1) is 6.04 Å². The van der Waals surface area contributed by atoms with Gasteiger partial charge in [0.2, 0.25) is 5.78 Å². The van der Waals surface area contributed by atoms with E-state index >= 15 is 0 Å². The highest BCUT2D eigenvalue weighted by Crippen LogP contribution is 2.46. The van der Waals surface area contributed by atoms with Gasteiger partial charge < -0.3 is 4.90 Å². The van der Waals surface area contributed by atoms with Crippen molar-refractivity contribution in [3.05, 3.63) is 66.2 Å². The van der Waals surface area contributed by atoms with E-state index in [2.05, 4.69) is 50.1 Å². The number of amides is 1. The van der Waals surface area contributed by atoms with E-state index in [1.807, 2.05) is 22.9 Å². The summed E-state index contributed by atoms with van der Waals surface area (Å²) in [7, 11) is 0. The van der Waals surface area contributed by atoms with Crippen LogP contribution in [0.3, 0.4) is 0 Å². The number of hydrogen-bond donors (Lipinski definition) is 0. The standard InChI is InChI=1S/C22H23N5O/c28-21(18-14-26-10-4-9-23-22(26)24-18)27-13-17(15-5-2-1-3-6-15)20-19(27)16-7-11-25(20)12-8-16/h1-6,9-10,14,16-17,19-20H,7-8,11-13H2/t17-,19+,20+/m1/s1. The number of benzene rings is 1. The van der Waals surface area contributed by atoms with Crippen molar-refractivity contribution in [3.63, 3.8) is 0 Å². The minimum Gasteiger partial charge on any atom is -0.332 e. The van der Waals surface area contributed by atoms with Crippen LogP contribution in [0.15, 0.2) is 55.0 Å². The quantitative estimate of drug-likeness (QED) is 0.692. The molecule has 142 valence electrons. The Kier molecular flexibility index (Phi) is 3.56. The van der Waals surface area contributed by atoms with Crippen LogP contribution < -0.4 is 0 Å². The molecule has 6 heteroatoms. The van der Waals surface area contributed by atoms with E-state index in [4.69, 9.17) is 0 Å². The van der Waals surface area contributed by atoms with Gasteiger partial charge in [0, 0.05) is 37.1 Å². The van der Waals surface area contributed by atoms with Crippen LogP contribution in [0, 0.1) is 5.92 Å². The molecule has 4 fully saturated rings. The van der Waals surface area contributed by atoms with Crippen molar-refractivity contribution in [1.29, 1.82) is 0 Å². The Bertz CT molecular complexity index is 991. The lowest BCUT2D eigenvalue weighted by atomic mass is 9.75. The number of carbonyl (C=O) groups excluding carboxylic acids is 1. The Hall–Kier alpha value is -2.73. The van der Waals surface area contributed by atoms with Gasteiger partial charge in [0.1, 0.15) is 5.69 Å². The fraction of sp³-hybridized carbons (Fsp3) is 0.409. The summed E-state index contributed by atoms with van der Waals surface area (Å²) < 4.78 is 1.83. The van der Waals surface area contributed by atoms with Gasteiger partial charge in [-0.2, -0.15) is 0 Å². The molecular weight excluding hydrogens is 350 g/mol. The Balaban J connectivity index is 1.39. The van der Waals surface area contributed by atoms with Gasteiger partial charge in [-0.3, -0.25) is 14.1 Å². The summed E-state index contributed by atoms with van der Waals surface area (Å²) in [5, 5.41) is 0. The normalized spacial score (nSPS) is 31.3. The molecule has 4 aliphatic rings. The molecule has 4 aliphatic heterocycles. The molecule has 0 N–H and O–H groups in total.